The van der Waals surface area contributed by atoms with Crippen LogP contribution in [-0.2, 0) is 0 Å². The van der Waals surface area contributed by atoms with Gasteiger partial charge in [-0.1, -0.05) is 146 Å². The summed E-state index contributed by atoms with van der Waals surface area (Å²) in [4.78, 5) is 0. The maximum Gasteiger partial charge on any atom is 0.0433 e. The maximum absolute atomic E-state index is 2.42. The standard InChI is InChI=1S/C48H28S2/c1-2-11-29(12-3-1)46-37-15-6-8-17-39(37)47(40-18-9-7-16-38(40)46)33-22-24-36-35-23-21-32(27-43(35)49-44(36)28-33)34-19-10-20-41-42-25-30-13-4-5-14-31(30)26-45(42)50-48(34)41/h1-28H. The molecule has 0 atom stereocenters. The van der Waals surface area contributed by atoms with Gasteiger partial charge in [0.2, 0.25) is 0 Å². The molecule has 0 aliphatic rings. The Morgan fingerprint density at radius 3 is 1.48 bits per heavy atom. The van der Waals surface area contributed by atoms with E-state index >= 15 is 0 Å². The van der Waals surface area contributed by atoms with Crippen molar-refractivity contribution in [2.45, 2.75) is 0 Å². The molecule has 50 heavy (non-hydrogen) atoms. The van der Waals surface area contributed by atoms with Crippen LogP contribution >= 0.6 is 22.7 Å². The van der Waals surface area contributed by atoms with Gasteiger partial charge in [0.1, 0.15) is 0 Å². The van der Waals surface area contributed by atoms with Gasteiger partial charge in [0.25, 0.3) is 0 Å². The van der Waals surface area contributed by atoms with E-state index in [9.17, 15) is 0 Å². The summed E-state index contributed by atoms with van der Waals surface area (Å²) in [6.07, 6.45) is 0. The average Bonchev–Trinajstić information content (AvgIpc) is 3.73. The second kappa shape index (κ2) is 10.9. The average molecular weight is 669 g/mol. The Balaban J connectivity index is 1.09. The Labute approximate surface area is 297 Å². The van der Waals surface area contributed by atoms with Crippen molar-refractivity contribution in [3.63, 3.8) is 0 Å². The minimum atomic E-state index is 1.25. The fourth-order valence-corrected chi connectivity index (χ4v) is 10.6. The van der Waals surface area contributed by atoms with Crippen molar-refractivity contribution in [3.05, 3.63) is 170 Å². The molecule has 11 rings (SSSR count). The van der Waals surface area contributed by atoms with E-state index in [1.807, 2.05) is 22.7 Å². The molecule has 2 heteroatoms. The van der Waals surface area contributed by atoms with Gasteiger partial charge in [-0.15, -0.1) is 22.7 Å². The van der Waals surface area contributed by atoms with Gasteiger partial charge in [-0.2, -0.15) is 0 Å². The van der Waals surface area contributed by atoms with Crippen LogP contribution in [0.25, 0.3) is 106 Å². The molecule has 11 aromatic rings. The zero-order valence-corrected chi connectivity index (χ0v) is 28.6. The molecule has 0 saturated carbocycles. The van der Waals surface area contributed by atoms with Crippen LogP contribution in [0, 0.1) is 0 Å². The van der Waals surface area contributed by atoms with Gasteiger partial charge in [-0.3, -0.25) is 0 Å². The summed E-state index contributed by atoms with van der Waals surface area (Å²) in [5.74, 6) is 0. The monoisotopic (exact) mass is 668 g/mol. The van der Waals surface area contributed by atoms with E-state index in [2.05, 4.69) is 170 Å². The van der Waals surface area contributed by atoms with Crippen molar-refractivity contribution in [1.29, 1.82) is 0 Å². The van der Waals surface area contributed by atoms with Crippen LogP contribution in [0.1, 0.15) is 0 Å². The minimum absolute atomic E-state index is 1.25. The summed E-state index contributed by atoms with van der Waals surface area (Å²) in [6.45, 7) is 0. The lowest BCUT2D eigenvalue weighted by atomic mass is 9.86. The van der Waals surface area contributed by atoms with Gasteiger partial charge in [0.15, 0.2) is 0 Å². The predicted molar refractivity (Wildman–Crippen MR) is 221 cm³/mol. The number of hydrogen-bond donors (Lipinski definition) is 0. The molecule has 0 N–H and O–H groups in total. The highest BCUT2D eigenvalue weighted by atomic mass is 32.1. The van der Waals surface area contributed by atoms with E-state index in [-0.39, 0.29) is 0 Å². The molecule has 9 aromatic carbocycles. The van der Waals surface area contributed by atoms with E-state index in [0.29, 0.717) is 0 Å². The van der Waals surface area contributed by atoms with Crippen LogP contribution in [0.3, 0.4) is 0 Å². The van der Waals surface area contributed by atoms with Crippen LogP contribution in [0.15, 0.2) is 170 Å². The van der Waals surface area contributed by atoms with E-state index in [0.717, 1.165) is 0 Å². The predicted octanol–water partition coefficient (Wildman–Crippen LogP) is 14.9. The highest BCUT2D eigenvalue weighted by molar-refractivity contribution is 7.26. The number of rotatable bonds is 3. The lowest BCUT2D eigenvalue weighted by molar-refractivity contribution is 1.66. The fraction of sp³-hybridized carbons (Fsp3) is 0. The van der Waals surface area contributed by atoms with Gasteiger partial charge >= 0.3 is 0 Å². The molecule has 0 aliphatic carbocycles. The van der Waals surface area contributed by atoms with Gasteiger partial charge in [-0.05, 0) is 90.0 Å². The number of hydrogen-bond acceptors (Lipinski definition) is 2. The van der Waals surface area contributed by atoms with Crippen LogP contribution in [-0.4, -0.2) is 0 Å². The minimum Gasteiger partial charge on any atom is -0.135 e. The molecule has 0 saturated heterocycles. The molecule has 0 radical (unpaired) electrons. The van der Waals surface area contributed by atoms with Crippen molar-refractivity contribution in [3.8, 4) is 33.4 Å². The third-order valence-electron chi connectivity index (χ3n) is 10.4. The van der Waals surface area contributed by atoms with Crippen molar-refractivity contribution >= 4 is 95.3 Å². The third-order valence-corrected chi connectivity index (χ3v) is 12.7. The molecule has 0 fully saturated rings. The van der Waals surface area contributed by atoms with Crippen molar-refractivity contribution < 1.29 is 0 Å². The number of benzene rings is 9. The van der Waals surface area contributed by atoms with Crippen molar-refractivity contribution in [2.75, 3.05) is 0 Å². The molecule has 0 unspecified atom stereocenters. The Bertz CT molecular complexity index is 3080. The van der Waals surface area contributed by atoms with Gasteiger partial charge in [0, 0.05) is 40.3 Å². The smallest absolute Gasteiger partial charge is 0.0433 e. The first-order valence-electron chi connectivity index (χ1n) is 17.1. The SMILES string of the molecule is c1ccc(-c2c3ccccc3c(-c3ccc4c(c3)sc3cc(-c5cccc6c5sc5cc7ccccc7cc56)ccc34)c3ccccc23)cc1. The van der Waals surface area contributed by atoms with Crippen molar-refractivity contribution in [2.24, 2.45) is 0 Å². The lowest BCUT2D eigenvalue weighted by Crippen LogP contribution is -1.90. The van der Waals surface area contributed by atoms with Crippen LogP contribution in [0.5, 0.6) is 0 Å². The molecular formula is C48H28S2. The van der Waals surface area contributed by atoms with E-state index in [1.54, 1.807) is 0 Å². The first-order valence-corrected chi connectivity index (χ1v) is 18.7. The highest BCUT2D eigenvalue weighted by Crippen LogP contribution is 2.47. The van der Waals surface area contributed by atoms with E-state index in [4.69, 9.17) is 0 Å². The normalized spacial score (nSPS) is 12.0. The molecule has 0 amide bonds. The molecule has 0 nitrogen and oxygen atoms in total. The maximum atomic E-state index is 2.42. The zero-order chi connectivity index (χ0) is 32.8. The molecule has 2 heterocycles. The van der Waals surface area contributed by atoms with Gasteiger partial charge in [-0.25, -0.2) is 0 Å². The molecule has 0 bridgehead atoms. The fourth-order valence-electron chi connectivity index (χ4n) is 8.17. The topological polar surface area (TPSA) is 0 Å². The summed E-state index contributed by atoms with van der Waals surface area (Å²) >= 11 is 3.82. The van der Waals surface area contributed by atoms with E-state index in [1.165, 1.54) is 106 Å². The van der Waals surface area contributed by atoms with Crippen LogP contribution < -0.4 is 0 Å². The highest BCUT2D eigenvalue weighted by Gasteiger charge is 2.18. The molecule has 2 aromatic heterocycles. The van der Waals surface area contributed by atoms with Crippen LogP contribution in [0.4, 0.5) is 0 Å². The zero-order valence-electron chi connectivity index (χ0n) is 27.0. The summed E-state index contributed by atoms with van der Waals surface area (Å²) < 4.78 is 5.35. The summed E-state index contributed by atoms with van der Waals surface area (Å²) in [5, 5.41) is 13.1. The van der Waals surface area contributed by atoms with Crippen molar-refractivity contribution in [1.82, 2.24) is 0 Å². The third kappa shape index (κ3) is 4.16. The Morgan fingerprint density at radius 2 is 0.800 bits per heavy atom. The molecular weight excluding hydrogens is 641 g/mol. The van der Waals surface area contributed by atoms with Gasteiger partial charge in [0.05, 0.1) is 0 Å². The van der Waals surface area contributed by atoms with Crippen LogP contribution in [0.2, 0.25) is 0 Å². The largest absolute Gasteiger partial charge is 0.135 e. The molecule has 232 valence electrons. The number of thiophene rings is 2. The summed E-state index contributed by atoms with van der Waals surface area (Å²) in [5.41, 5.74) is 7.71. The first-order chi connectivity index (χ1) is 24.8. The quantitative estimate of drug-likeness (QED) is 0.164. The summed E-state index contributed by atoms with van der Waals surface area (Å²) in [6, 6.07) is 63.0. The molecule has 0 spiro atoms. The Hall–Kier alpha value is -5.80. The first kappa shape index (κ1) is 28.1. The molecule has 0 aliphatic heterocycles. The summed E-state index contributed by atoms with van der Waals surface area (Å²) in [7, 11) is 0. The number of fused-ring (bicyclic) bond motifs is 9. The second-order valence-electron chi connectivity index (χ2n) is 13.2. The lowest BCUT2D eigenvalue weighted by Gasteiger charge is -2.17. The van der Waals surface area contributed by atoms with Gasteiger partial charge < -0.3 is 0 Å². The van der Waals surface area contributed by atoms with E-state index < -0.39 is 0 Å². The Kier molecular flexibility index (Phi) is 6.09. The second-order valence-corrected chi connectivity index (χ2v) is 15.3. The Morgan fingerprint density at radius 1 is 0.280 bits per heavy atom.